The van der Waals surface area contributed by atoms with E-state index >= 15 is 14.4 Å². The maximum Gasteiger partial charge on any atom is 0.245 e. The van der Waals surface area contributed by atoms with Crippen LogP contribution in [0.3, 0.4) is 0 Å². The molecule has 7 rings (SSSR count). The molecule has 2 aromatic heterocycles. The van der Waals surface area contributed by atoms with E-state index in [1.807, 2.05) is 45.9 Å². The third-order valence-corrected chi connectivity index (χ3v) is 19.2. The van der Waals surface area contributed by atoms with E-state index in [0.29, 0.717) is 66.1 Å². The van der Waals surface area contributed by atoms with Gasteiger partial charge in [-0.25, -0.2) is 0 Å². The Morgan fingerprint density at radius 3 is 1.36 bits per heavy atom. The van der Waals surface area contributed by atoms with E-state index in [9.17, 15) is 47.9 Å². The van der Waals surface area contributed by atoms with Crippen LogP contribution in [0.1, 0.15) is 141 Å². The highest BCUT2D eigenvalue weighted by atomic mass is 16.2. The number of primary amides is 3. The number of hydrogen-bond donors (Lipinski definition) is 17. The highest BCUT2D eigenvalue weighted by Gasteiger charge is 2.43. The fourth-order valence-corrected chi connectivity index (χ4v) is 13.6. The van der Waals surface area contributed by atoms with Gasteiger partial charge in [0.1, 0.15) is 60.4 Å². The van der Waals surface area contributed by atoms with E-state index in [4.69, 9.17) is 40.1 Å². The van der Waals surface area contributed by atoms with Gasteiger partial charge in [-0.2, -0.15) is 0 Å². The van der Waals surface area contributed by atoms with Crippen LogP contribution in [-0.4, -0.2) is 195 Å². The first-order valence-electron chi connectivity index (χ1n) is 37.1. The maximum absolute atomic E-state index is 15.4. The van der Waals surface area contributed by atoms with Crippen LogP contribution in [0.25, 0.3) is 21.8 Å². The summed E-state index contributed by atoms with van der Waals surface area (Å²) in [6.07, 6.45) is 4.13. The molecule has 2 fully saturated rings. The predicted octanol–water partition coefficient (Wildman–Crippen LogP) is -0.844. The van der Waals surface area contributed by atoms with Gasteiger partial charge >= 0.3 is 0 Å². The summed E-state index contributed by atoms with van der Waals surface area (Å²) in [6, 6.07) is 8.67. The maximum atomic E-state index is 15.4. The van der Waals surface area contributed by atoms with E-state index < -0.39 is 169 Å². The third kappa shape index (κ3) is 25.1. The Balaban J connectivity index is 1.15. The number of nitrogens with one attached hydrogen (secondary N) is 10. The molecular weight excluding hydrogens is 1390 g/mol. The van der Waals surface area contributed by atoms with Crippen molar-refractivity contribution >= 4 is 105 Å². The normalized spacial score (nSPS) is 16.7. The number of unbranched alkanes of at least 4 members (excludes halogenated alkanes) is 1. The number of rotatable bonds is 43. The molecule has 0 saturated carbocycles. The molecule has 33 heteroatoms. The number of carbonyl (C=O) groups excluding carboxylic acids is 13. The zero-order valence-electron chi connectivity index (χ0n) is 61.9. The van der Waals surface area contributed by atoms with Gasteiger partial charge in [0.25, 0.3) is 0 Å². The summed E-state index contributed by atoms with van der Waals surface area (Å²) in [5.74, 6) is -10.6. The average molecular weight is 1500 g/mol. The van der Waals surface area contributed by atoms with Gasteiger partial charge in [0.05, 0.1) is 6.04 Å². The second-order valence-electron chi connectivity index (χ2n) is 28.7. The summed E-state index contributed by atoms with van der Waals surface area (Å²) < 4.78 is 0. The molecule has 4 heterocycles. The zero-order chi connectivity index (χ0) is 78.7. The van der Waals surface area contributed by atoms with Crippen molar-refractivity contribution in [2.24, 2.45) is 57.0 Å². The molecule has 5 aromatic rings. The minimum absolute atomic E-state index is 0.0342. The van der Waals surface area contributed by atoms with E-state index in [0.717, 1.165) is 10.9 Å². The minimum Gasteiger partial charge on any atom is -0.370 e. The molecule has 0 spiro atoms. The van der Waals surface area contributed by atoms with Crippen molar-refractivity contribution in [3.63, 3.8) is 0 Å². The Bertz CT molecular complexity index is 3990. The average Bonchev–Trinajstić information content (AvgIpc) is 1.62. The van der Waals surface area contributed by atoms with Crippen LogP contribution in [-0.2, 0) is 81.6 Å². The monoisotopic (exact) mass is 1500 g/mol. The molecule has 2 aliphatic heterocycles. The number of aromatic amines is 2. The number of fused-ring (bicyclic) bond motifs is 2. The van der Waals surface area contributed by atoms with Crippen LogP contribution in [0, 0.1) is 11.8 Å². The molecule has 11 atom stereocenters. The van der Waals surface area contributed by atoms with Crippen LogP contribution in [0.5, 0.6) is 0 Å². The van der Waals surface area contributed by atoms with E-state index in [2.05, 4.69) is 57.5 Å². The van der Waals surface area contributed by atoms with Gasteiger partial charge in [-0.3, -0.25) is 67.3 Å². The first kappa shape index (κ1) is 84.3. The third-order valence-electron chi connectivity index (χ3n) is 19.2. The fraction of sp³-hybridized carbons (Fsp3) is 0.520. The fourth-order valence-electron chi connectivity index (χ4n) is 13.6. The quantitative estimate of drug-likeness (QED) is 0.0128. The molecule has 3 aromatic carbocycles. The second-order valence-corrected chi connectivity index (χ2v) is 28.7. The summed E-state index contributed by atoms with van der Waals surface area (Å²) in [4.78, 5) is 197. The number of hydrogen-bond acceptors (Lipinski definition) is 16. The summed E-state index contributed by atoms with van der Waals surface area (Å²) in [6.45, 7) is 8.24. The molecular formula is C75H108N20O13. The number of H-pyrrole nitrogens is 2. The molecule has 0 aliphatic carbocycles. The molecule has 33 nitrogen and oxygen atoms in total. The van der Waals surface area contributed by atoms with Gasteiger partial charge in [0.2, 0.25) is 76.8 Å². The first-order chi connectivity index (χ1) is 51.5. The lowest BCUT2D eigenvalue weighted by Gasteiger charge is -2.32. The van der Waals surface area contributed by atoms with E-state index in [1.165, 1.54) is 9.80 Å². The van der Waals surface area contributed by atoms with Crippen molar-refractivity contribution in [1.29, 1.82) is 0 Å². The molecule has 108 heavy (non-hydrogen) atoms. The number of benzene rings is 3. The molecule has 0 unspecified atom stereocenters. The standard InChI is InChI=1S/C75H108N20O13/c1-42(2)35-55(64(80)98)89-67(101)56(36-43(3)4)90-69(103)59(39-46-41-85-51-23-11-9-20-48(46)51)93-68(102)57(37-44-17-6-5-7-18-44)91-70(104)58(38-45-40-84-50-22-10-8-19-47(45)50)92-66(100)52(27-29-62(78)96)86-65(99)53(28-30-63(79)97)87-71(105)61-26-16-34-95(61)74(108)54(24-12-13-31-76)88-72(106)60-25-15-33-94(60)73(107)49(77)21-14-32-83-75(81)82/h5-11,17-20,22-23,40-43,49,52-61,84-85H,12-16,21,24-39,76-77H2,1-4H3,(H2,78,96)(H2,79,97)(H2,80,98)(H,86,99)(H,87,105)(H,88,106)(H,89,101)(H,90,103)(H,91,104)(H,92,100)(H,93,102)(H4,81,82,83)/t49-,52+,53+,54+,55+,56+,57+,58-,59-,60-,61+/m1/s1. The number of aliphatic imine (C=N–C) groups is 1. The summed E-state index contributed by atoms with van der Waals surface area (Å²) >= 11 is 0. The van der Waals surface area contributed by atoms with Crippen molar-refractivity contribution in [3.8, 4) is 0 Å². The number of likely N-dealkylation sites (tertiary alicyclic amines) is 2. The van der Waals surface area contributed by atoms with Crippen molar-refractivity contribution < 1.29 is 62.3 Å². The van der Waals surface area contributed by atoms with Gasteiger partial charge in [-0.1, -0.05) is 94.4 Å². The molecule has 0 bridgehead atoms. The van der Waals surface area contributed by atoms with Crippen molar-refractivity contribution in [2.75, 3.05) is 26.2 Å². The first-order valence-corrected chi connectivity index (χ1v) is 37.1. The Morgan fingerprint density at radius 2 is 0.880 bits per heavy atom. The molecule has 0 radical (unpaired) electrons. The lowest BCUT2D eigenvalue weighted by Crippen LogP contribution is -2.61. The summed E-state index contributed by atoms with van der Waals surface area (Å²) in [5.41, 5.74) is 43.1. The number of guanidine groups is 1. The van der Waals surface area contributed by atoms with Gasteiger partial charge < -0.3 is 102 Å². The molecule has 586 valence electrons. The number of amides is 13. The SMILES string of the molecule is CC(C)C[C@H](NC(=O)[C@H](CC(C)C)NC(=O)[C@@H](Cc1c[nH]c2ccccc12)NC(=O)[C@H](Cc1ccccc1)NC(=O)[C@@H](Cc1c[nH]c2ccccc12)NC(=O)[C@H](CCC(N)=O)NC(=O)[C@H](CCC(N)=O)NC(=O)[C@@H]1CCCN1C(=O)[C@H](CCCCN)NC(=O)[C@H]1CCCN1C(=O)[C@H](N)CCCN=C(N)N)C(N)=O. The topological polar surface area (TPSA) is 551 Å². The molecule has 2 saturated heterocycles. The van der Waals surface area contributed by atoms with Crippen molar-refractivity contribution in [1.82, 2.24) is 62.3 Å². The van der Waals surface area contributed by atoms with Gasteiger partial charge in [0.15, 0.2) is 5.96 Å². The molecule has 2 aliphatic rings. The highest BCUT2D eigenvalue weighted by molar-refractivity contribution is 6.00. The zero-order valence-corrected chi connectivity index (χ0v) is 61.9. The van der Waals surface area contributed by atoms with Crippen molar-refractivity contribution in [3.05, 3.63) is 108 Å². The van der Waals surface area contributed by atoms with Crippen LogP contribution >= 0.6 is 0 Å². The number of aromatic nitrogens is 2. The van der Waals surface area contributed by atoms with Gasteiger partial charge in [0, 0.05) is 85.9 Å². The lowest BCUT2D eigenvalue weighted by atomic mass is 9.98. The number of nitrogens with two attached hydrogens (primary N) is 7. The predicted molar refractivity (Wildman–Crippen MR) is 405 cm³/mol. The van der Waals surface area contributed by atoms with E-state index in [-0.39, 0.29) is 95.3 Å². The lowest BCUT2D eigenvalue weighted by molar-refractivity contribution is -0.144. The summed E-state index contributed by atoms with van der Waals surface area (Å²) in [5, 5.41) is 23.5. The van der Waals surface area contributed by atoms with Crippen molar-refractivity contribution in [2.45, 2.75) is 210 Å². The Morgan fingerprint density at radius 1 is 0.463 bits per heavy atom. The van der Waals surface area contributed by atoms with Crippen LogP contribution in [0.15, 0.2) is 96.2 Å². The Hall–Kier alpha value is -11.0. The minimum atomic E-state index is -1.69. The smallest absolute Gasteiger partial charge is 0.245 e. The Kier molecular flexibility index (Phi) is 32.2. The van der Waals surface area contributed by atoms with Crippen LogP contribution in [0.2, 0.25) is 0 Å². The van der Waals surface area contributed by atoms with Crippen LogP contribution < -0.4 is 82.7 Å². The largest absolute Gasteiger partial charge is 0.370 e. The number of nitrogens with zero attached hydrogens (tertiary/aromatic N) is 3. The molecule has 13 amide bonds. The van der Waals surface area contributed by atoms with E-state index in [1.54, 1.807) is 73.1 Å². The highest BCUT2D eigenvalue weighted by Crippen LogP contribution is 2.26. The van der Waals surface area contributed by atoms with Crippen LogP contribution in [0.4, 0.5) is 0 Å². The summed E-state index contributed by atoms with van der Waals surface area (Å²) in [7, 11) is 0. The number of carbonyl (C=O) groups is 13. The van der Waals surface area contributed by atoms with Gasteiger partial charge in [-0.15, -0.1) is 0 Å². The molecule has 24 N–H and O–H groups in total. The van der Waals surface area contributed by atoms with Gasteiger partial charge in [-0.05, 0) is 131 Å². The Labute approximate surface area is 627 Å². The number of para-hydroxylation sites is 2. The second kappa shape index (κ2) is 41.2.